The molecule has 0 unspecified atom stereocenters. The number of hydrogen-bond donors (Lipinski definition) is 0. The van der Waals surface area contributed by atoms with Crippen LogP contribution in [0.4, 0.5) is 11.4 Å². The third-order valence-electron chi connectivity index (χ3n) is 3.10. The molecule has 0 saturated heterocycles. The Morgan fingerprint density at radius 2 is 2.00 bits per heavy atom. The highest BCUT2D eigenvalue weighted by Gasteiger charge is 2.14. The van der Waals surface area contributed by atoms with Crippen LogP contribution in [0, 0.1) is 10.1 Å². The Hall–Kier alpha value is -1.95. The van der Waals surface area contributed by atoms with Crippen molar-refractivity contribution in [2.24, 2.45) is 0 Å². The first-order valence-electron chi connectivity index (χ1n) is 6.62. The van der Waals surface area contributed by atoms with Gasteiger partial charge in [0.05, 0.1) is 4.92 Å². The molecule has 6 heteroatoms. The largest absolute Gasteiger partial charge is 0.371 e. The summed E-state index contributed by atoms with van der Waals surface area (Å²) in [5.74, 6) is 0. The molecule has 0 aromatic heterocycles. The molecule has 110 valence electrons. The standard InChI is InChI=1S/C14H21N3O3/c1-4-16(9-5-8-15(2)3)14-7-6-13(17(19)20)10-12(14)11-18/h6-7,10-11H,4-5,8-9H2,1-3H3. The van der Waals surface area contributed by atoms with E-state index in [9.17, 15) is 14.9 Å². The van der Waals surface area contributed by atoms with Gasteiger partial charge in [0, 0.05) is 36.5 Å². The Labute approximate surface area is 119 Å². The SMILES string of the molecule is CCN(CCCN(C)C)c1ccc([N+](=O)[O-])cc1C=O. The van der Waals surface area contributed by atoms with Gasteiger partial charge < -0.3 is 9.80 Å². The van der Waals surface area contributed by atoms with E-state index in [1.165, 1.54) is 12.1 Å². The molecule has 0 amide bonds. The van der Waals surface area contributed by atoms with Crippen LogP contribution in [0.5, 0.6) is 0 Å². The number of carbonyl (C=O) groups excluding carboxylic acids is 1. The molecule has 0 aliphatic carbocycles. The first-order valence-corrected chi connectivity index (χ1v) is 6.62. The predicted molar refractivity (Wildman–Crippen MR) is 79.5 cm³/mol. The first-order chi connectivity index (χ1) is 9.49. The molecule has 1 rings (SSSR count). The molecule has 20 heavy (non-hydrogen) atoms. The molecular weight excluding hydrogens is 258 g/mol. The van der Waals surface area contributed by atoms with Gasteiger partial charge in [-0.15, -0.1) is 0 Å². The maximum atomic E-state index is 11.1. The fourth-order valence-electron chi connectivity index (χ4n) is 2.06. The lowest BCUT2D eigenvalue weighted by molar-refractivity contribution is -0.384. The number of nitro groups is 1. The highest BCUT2D eigenvalue weighted by atomic mass is 16.6. The van der Waals surface area contributed by atoms with E-state index >= 15 is 0 Å². The molecule has 0 fully saturated rings. The quantitative estimate of drug-likeness (QED) is 0.414. The van der Waals surface area contributed by atoms with Crippen molar-refractivity contribution in [2.45, 2.75) is 13.3 Å². The van der Waals surface area contributed by atoms with Gasteiger partial charge in [-0.25, -0.2) is 0 Å². The van der Waals surface area contributed by atoms with E-state index < -0.39 is 4.92 Å². The molecule has 0 heterocycles. The lowest BCUT2D eigenvalue weighted by atomic mass is 10.1. The van der Waals surface area contributed by atoms with Crippen molar-refractivity contribution in [1.29, 1.82) is 0 Å². The Bertz CT molecular complexity index is 475. The summed E-state index contributed by atoms with van der Waals surface area (Å²) in [4.78, 5) is 25.6. The van der Waals surface area contributed by atoms with Crippen molar-refractivity contribution in [1.82, 2.24) is 4.90 Å². The maximum Gasteiger partial charge on any atom is 0.270 e. The number of hydrogen-bond acceptors (Lipinski definition) is 5. The Morgan fingerprint density at radius 1 is 1.30 bits per heavy atom. The van der Waals surface area contributed by atoms with E-state index in [-0.39, 0.29) is 5.69 Å². The summed E-state index contributed by atoms with van der Waals surface area (Å²) in [5.41, 5.74) is 1.07. The van der Waals surface area contributed by atoms with Gasteiger partial charge in [-0.1, -0.05) is 0 Å². The Morgan fingerprint density at radius 3 is 2.50 bits per heavy atom. The Kier molecular flexibility index (Phi) is 6.11. The summed E-state index contributed by atoms with van der Waals surface area (Å²) in [5, 5.41) is 10.7. The molecule has 1 aromatic rings. The summed E-state index contributed by atoms with van der Waals surface area (Å²) < 4.78 is 0. The van der Waals surface area contributed by atoms with Gasteiger partial charge in [-0.2, -0.15) is 0 Å². The van der Waals surface area contributed by atoms with Crippen LogP contribution in [0.3, 0.4) is 0 Å². The van der Waals surface area contributed by atoms with Gasteiger partial charge in [0.25, 0.3) is 5.69 Å². The normalized spacial score (nSPS) is 10.6. The minimum absolute atomic E-state index is 0.0554. The van der Waals surface area contributed by atoms with E-state index in [0.717, 1.165) is 31.7 Å². The summed E-state index contributed by atoms with van der Waals surface area (Å²) in [6.07, 6.45) is 1.65. The lowest BCUT2D eigenvalue weighted by Gasteiger charge is -2.25. The molecule has 0 saturated carbocycles. The van der Waals surface area contributed by atoms with Crippen molar-refractivity contribution in [2.75, 3.05) is 38.6 Å². The third-order valence-corrected chi connectivity index (χ3v) is 3.10. The molecule has 1 aromatic carbocycles. The molecule has 0 N–H and O–H groups in total. The predicted octanol–water partition coefficient (Wildman–Crippen LogP) is 2.19. The van der Waals surface area contributed by atoms with E-state index in [1.54, 1.807) is 6.07 Å². The number of nitro benzene ring substituents is 1. The molecule has 0 bridgehead atoms. The second-order valence-corrected chi connectivity index (χ2v) is 4.85. The number of non-ortho nitro benzene ring substituents is 1. The first kappa shape index (κ1) is 16.1. The third kappa shape index (κ3) is 4.31. The zero-order valence-electron chi connectivity index (χ0n) is 12.2. The van der Waals surface area contributed by atoms with E-state index in [4.69, 9.17) is 0 Å². The number of aldehydes is 1. The maximum absolute atomic E-state index is 11.1. The average molecular weight is 279 g/mol. The van der Waals surface area contributed by atoms with E-state index in [2.05, 4.69) is 9.80 Å². The summed E-state index contributed by atoms with van der Waals surface area (Å²) in [6.45, 7) is 4.53. The van der Waals surface area contributed by atoms with Gasteiger partial charge in [-0.05, 0) is 40.1 Å². The van der Waals surface area contributed by atoms with Crippen LogP contribution < -0.4 is 4.90 Å². The van der Waals surface area contributed by atoms with Gasteiger partial charge in [0.15, 0.2) is 6.29 Å². The molecule has 0 aliphatic rings. The number of carbonyl (C=O) groups is 1. The van der Waals surface area contributed by atoms with Gasteiger partial charge in [-0.3, -0.25) is 14.9 Å². The number of rotatable bonds is 8. The monoisotopic (exact) mass is 279 g/mol. The molecule has 0 radical (unpaired) electrons. The smallest absolute Gasteiger partial charge is 0.270 e. The topological polar surface area (TPSA) is 66.7 Å². The zero-order valence-corrected chi connectivity index (χ0v) is 12.2. The van der Waals surface area contributed by atoms with Crippen LogP contribution in [0.2, 0.25) is 0 Å². The minimum Gasteiger partial charge on any atom is -0.371 e. The summed E-state index contributed by atoms with van der Waals surface area (Å²) in [7, 11) is 4.03. The van der Waals surface area contributed by atoms with Crippen LogP contribution in [-0.4, -0.2) is 49.8 Å². The van der Waals surface area contributed by atoms with Crippen LogP contribution in [-0.2, 0) is 0 Å². The molecule has 6 nitrogen and oxygen atoms in total. The molecule has 0 atom stereocenters. The molecule has 0 spiro atoms. The van der Waals surface area contributed by atoms with Crippen LogP contribution in [0.25, 0.3) is 0 Å². The molecule has 0 aliphatic heterocycles. The van der Waals surface area contributed by atoms with E-state index in [0.29, 0.717) is 11.8 Å². The summed E-state index contributed by atoms with van der Waals surface area (Å²) >= 11 is 0. The van der Waals surface area contributed by atoms with Crippen molar-refractivity contribution in [3.63, 3.8) is 0 Å². The number of nitrogens with zero attached hydrogens (tertiary/aromatic N) is 3. The summed E-state index contributed by atoms with van der Waals surface area (Å²) in [6, 6.07) is 4.43. The number of anilines is 1. The van der Waals surface area contributed by atoms with Crippen LogP contribution in [0.15, 0.2) is 18.2 Å². The lowest BCUT2D eigenvalue weighted by Crippen LogP contribution is -2.27. The van der Waals surface area contributed by atoms with Gasteiger partial charge >= 0.3 is 0 Å². The minimum atomic E-state index is -0.487. The molecular formula is C14H21N3O3. The van der Waals surface area contributed by atoms with Crippen molar-refractivity contribution >= 4 is 17.7 Å². The second-order valence-electron chi connectivity index (χ2n) is 4.85. The van der Waals surface area contributed by atoms with Crippen LogP contribution in [0.1, 0.15) is 23.7 Å². The fourth-order valence-corrected chi connectivity index (χ4v) is 2.06. The highest BCUT2D eigenvalue weighted by molar-refractivity contribution is 5.85. The second kappa shape index (κ2) is 7.59. The zero-order chi connectivity index (χ0) is 15.1. The van der Waals surface area contributed by atoms with Crippen molar-refractivity contribution in [3.05, 3.63) is 33.9 Å². The van der Waals surface area contributed by atoms with Gasteiger partial charge in [0.1, 0.15) is 0 Å². The Balaban J connectivity index is 2.91. The van der Waals surface area contributed by atoms with Crippen molar-refractivity contribution in [3.8, 4) is 0 Å². The average Bonchev–Trinajstić information content (AvgIpc) is 2.42. The highest BCUT2D eigenvalue weighted by Crippen LogP contribution is 2.24. The number of benzene rings is 1. The van der Waals surface area contributed by atoms with Crippen LogP contribution >= 0.6 is 0 Å². The van der Waals surface area contributed by atoms with Crippen molar-refractivity contribution < 1.29 is 9.72 Å². The fraction of sp³-hybridized carbons (Fsp3) is 0.500. The van der Waals surface area contributed by atoms with E-state index in [1.807, 2.05) is 21.0 Å². The van der Waals surface area contributed by atoms with Gasteiger partial charge in [0.2, 0.25) is 0 Å².